The van der Waals surface area contributed by atoms with E-state index < -0.39 is 30.1 Å². The maximum atomic E-state index is 9.77. The minimum absolute atomic E-state index is 0. The van der Waals surface area contributed by atoms with Gasteiger partial charge in [-0.1, -0.05) is 6.58 Å². The van der Waals surface area contributed by atoms with Crippen molar-refractivity contribution in [3.63, 3.8) is 0 Å². The Labute approximate surface area is 96.2 Å². The van der Waals surface area contributed by atoms with E-state index in [4.69, 9.17) is 25.5 Å². The van der Waals surface area contributed by atoms with Gasteiger partial charge in [-0.25, -0.2) is 14.4 Å². The molecular formula is C8H15NO8. The van der Waals surface area contributed by atoms with E-state index in [1.165, 1.54) is 6.92 Å². The molecule has 0 saturated carbocycles. The van der Waals surface area contributed by atoms with Crippen molar-refractivity contribution in [2.24, 2.45) is 0 Å². The number of carboxylic acid groups (broad SMARTS) is 3. The maximum Gasteiger partial charge on any atom is 0.335 e. The van der Waals surface area contributed by atoms with Gasteiger partial charge in [-0.05, 0) is 6.92 Å². The number of aliphatic hydroxyl groups excluding tert-OH is 2. The van der Waals surface area contributed by atoms with Gasteiger partial charge in [0.25, 0.3) is 0 Å². The SMILES string of the molecule is C=C(C)C(=O)O.N.O=C(O)C(O)C(O)C(=O)O. The first-order valence-corrected chi connectivity index (χ1v) is 3.81. The van der Waals surface area contributed by atoms with Crippen molar-refractivity contribution >= 4 is 17.9 Å². The van der Waals surface area contributed by atoms with E-state index in [-0.39, 0.29) is 11.7 Å². The fourth-order valence-electron chi connectivity index (χ4n) is 0.270. The van der Waals surface area contributed by atoms with Crippen molar-refractivity contribution in [3.8, 4) is 0 Å². The highest BCUT2D eigenvalue weighted by Crippen LogP contribution is 1.92. The summed E-state index contributed by atoms with van der Waals surface area (Å²) in [6, 6.07) is 0. The first kappa shape index (κ1) is 20.4. The van der Waals surface area contributed by atoms with Gasteiger partial charge in [0.05, 0.1) is 0 Å². The molecule has 0 aromatic rings. The van der Waals surface area contributed by atoms with Gasteiger partial charge in [0.2, 0.25) is 0 Å². The van der Waals surface area contributed by atoms with Gasteiger partial charge >= 0.3 is 17.9 Å². The minimum Gasteiger partial charge on any atom is -0.479 e. The maximum absolute atomic E-state index is 9.77. The van der Waals surface area contributed by atoms with Gasteiger partial charge < -0.3 is 31.7 Å². The Morgan fingerprint density at radius 1 is 0.941 bits per heavy atom. The number of aliphatic carboxylic acids is 3. The Bertz CT molecular complexity index is 270. The monoisotopic (exact) mass is 253 g/mol. The van der Waals surface area contributed by atoms with Crippen molar-refractivity contribution in [1.29, 1.82) is 0 Å². The molecule has 0 spiro atoms. The van der Waals surface area contributed by atoms with Gasteiger partial charge in [0.1, 0.15) is 0 Å². The fourth-order valence-corrected chi connectivity index (χ4v) is 0.270. The molecule has 0 radical (unpaired) electrons. The van der Waals surface area contributed by atoms with Crippen LogP contribution in [0.1, 0.15) is 6.92 Å². The van der Waals surface area contributed by atoms with E-state index in [1.807, 2.05) is 0 Å². The third-order valence-electron chi connectivity index (χ3n) is 1.17. The molecule has 2 unspecified atom stereocenters. The molecule has 0 fully saturated rings. The zero-order valence-electron chi connectivity index (χ0n) is 9.03. The summed E-state index contributed by atoms with van der Waals surface area (Å²) in [5.41, 5.74) is 0.176. The zero-order valence-corrected chi connectivity index (χ0v) is 9.03. The first-order chi connectivity index (χ1) is 7.11. The predicted octanol–water partition coefficient (Wildman–Crippen LogP) is -1.31. The molecule has 0 aliphatic carbocycles. The highest BCUT2D eigenvalue weighted by molar-refractivity contribution is 5.84. The average Bonchev–Trinajstić information content (AvgIpc) is 2.15. The summed E-state index contributed by atoms with van der Waals surface area (Å²) >= 11 is 0. The van der Waals surface area contributed by atoms with Gasteiger partial charge in [0.15, 0.2) is 12.2 Å². The van der Waals surface area contributed by atoms with Crippen LogP contribution in [0.3, 0.4) is 0 Å². The van der Waals surface area contributed by atoms with Gasteiger partial charge in [-0.3, -0.25) is 0 Å². The van der Waals surface area contributed by atoms with E-state index >= 15 is 0 Å². The molecule has 8 N–H and O–H groups in total. The van der Waals surface area contributed by atoms with Crippen molar-refractivity contribution < 1.29 is 39.9 Å². The smallest absolute Gasteiger partial charge is 0.335 e. The Kier molecular flexibility index (Phi) is 11.1. The average molecular weight is 253 g/mol. The van der Waals surface area contributed by atoms with Crippen LogP contribution in [-0.4, -0.2) is 55.6 Å². The normalized spacial score (nSPS) is 11.9. The van der Waals surface area contributed by atoms with Crippen LogP contribution >= 0.6 is 0 Å². The Balaban J connectivity index is -0.000000244. The lowest BCUT2D eigenvalue weighted by Gasteiger charge is -2.07. The highest BCUT2D eigenvalue weighted by atomic mass is 16.4. The van der Waals surface area contributed by atoms with E-state index in [2.05, 4.69) is 6.58 Å². The van der Waals surface area contributed by atoms with Gasteiger partial charge in [-0.2, -0.15) is 0 Å². The molecule has 100 valence electrons. The summed E-state index contributed by atoms with van der Waals surface area (Å²) in [4.78, 5) is 29.1. The highest BCUT2D eigenvalue weighted by Gasteiger charge is 2.29. The third-order valence-corrected chi connectivity index (χ3v) is 1.17. The van der Waals surface area contributed by atoms with E-state index in [0.29, 0.717) is 0 Å². The summed E-state index contributed by atoms with van der Waals surface area (Å²) in [5.74, 6) is -4.47. The molecule has 0 aliphatic heterocycles. The number of rotatable bonds is 4. The standard InChI is InChI=1S/C4H6O6.C4H6O2.H3N/c5-1(3(7)8)2(6)4(9)10;1-3(2)4(5)6;/h1-2,5-6H,(H,7,8)(H,9,10);1H2,2H3,(H,5,6);1H3. The lowest BCUT2D eigenvalue weighted by Crippen LogP contribution is -2.39. The summed E-state index contributed by atoms with van der Waals surface area (Å²) in [6.45, 7) is 4.60. The molecule has 9 heteroatoms. The van der Waals surface area contributed by atoms with Crippen LogP contribution in [0.2, 0.25) is 0 Å². The molecule has 9 nitrogen and oxygen atoms in total. The third kappa shape index (κ3) is 10.3. The minimum atomic E-state index is -2.27. The number of hydrogen-bond donors (Lipinski definition) is 6. The molecule has 0 amide bonds. The second-order valence-corrected chi connectivity index (χ2v) is 2.65. The van der Waals surface area contributed by atoms with Crippen molar-refractivity contribution in [2.75, 3.05) is 0 Å². The van der Waals surface area contributed by atoms with Crippen LogP contribution in [0, 0.1) is 0 Å². The lowest BCUT2D eigenvalue weighted by atomic mass is 10.2. The lowest BCUT2D eigenvalue weighted by molar-refractivity contribution is -0.165. The molecular weight excluding hydrogens is 238 g/mol. The van der Waals surface area contributed by atoms with Gasteiger partial charge in [0, 0.05) is 5.57 Å². The second kappa shape index (κ2) is 9.27. The summed E-state index contributed by atoms with van der Waals surface area (Å²) in [6.07, 6.45) is -4.53. The summed E-state index contributed by atoms with van der Waals surface area (Å²) in [7, 11) is 0. The molecule has 0 aliphatic rings. The number of aliphatic hydroxyl groups is 2. The van der Waals surface area contributed by atoms with Crippen LogP contribution in [0.15, 0.2) is 12.2 Å². The molecule has 0 heterocycles. The van der Waals surface area contributed by atoms with Crippen LogP contribution in [0.5, 0.6) is 0 Å². The zero-order chi connectivity index (χ0) is 13.5. The van der Waals surface area contributed by atoms with Crippen LogP contribution in [0.25, 0.3) is 0 Å². The number of carboxylic acids is 3. The van der Waals surface area contributed by atoms with Crippen molar-refractivity contribution in [2.45, 2.75) is 19.1 Å². The molecule has 2 atom stereocenters. The van der Waals surface area contributed by atoms with Crippen LogP contribution in [0.4, 0.5) is 0 Å². The van der Waals surface area contributed by atoms with E-state index in [1.54, 1.807) is 0 Å². The Hall–Kier alpha value is -1.97. The fraction of sp³-hybridized carbons (Fsp3) is 0.375. The molecule has 0 saturated heterocycles. The van der Waals surface area contributed by atoms with Crippen LogP contribution in [-0.2, 0) is 14.4 Å². The predicted molar refractivity (Wildman–Crippen MR) is 54.8 cm³/mol. The number of carbonyl (C=O) groups is 3. The van der Waals surface area contributed by atoms with Crippen molar-refractivity contribution in [3.05, 3.63) is 12.2 Å². The van der Waals surface area contributed by atoms with Crippen molar-refractivity contribution in [1.82, 2.24) is 6.15 Å². The Morgan fingerprint density at radius 3 is 1.18 bits per heavy atom. The Morgan fingerprint density at radius 2 is 1.12 bits per heavy atom. The largest absolute Gasteiger partial charge is 0.479 e. The van der Waals surface area contributed by atoms with E-state index in [9.17, 15) is 14.4 Å². The first-order valence-electron chi connectivity index (χ1n) is 3.81. The molecule has 0 rings (SSSR count). The molecule has 0 bridgehead atoms. The summed E-state index contributed by atoms with van der Waals surface area (Å²) in [5, 5.41) is 40.4. The molecule has 17 heavy (non-hydrogen) atoms. The molecule has 0 aromatic carbocycles. The van der Waals surface area contributed by atoms with Crippen LogP contribution < -0.4 is 6.15 Å². The topological polar surface area (TPSA) is 187 Å². The quantitative estimate of drug-likeness (QED) is 0.330. The van der Waals surface area contributed by atoms with E-state index in [0.717, 1.165) is 0 Å². The summed E-state index contributed by atoms with van der Waals surface area (Å²) < 4.78 is 0. The number of hydrogen-bond acceptors (Lipinski definition) is 6. The molecule has 0 aromatic heterocycles. The van der Waals surface area contributed by atoms with Gasteiger partial charge in [-0.15, -0.1) is 0 Å². The second-order valence-electron chi connectivity index (χ2n) is 2.65.